The lowest BCUT2D eigenvalue weighted by Crippen LogP contribution is -1.86. The van der Waals surface area contributed by atoms with Crippen molar-refractivity contribution in [3.8, 4) is 11.3 Å². The molecule has 16 heavy (non-hydrogen) atoms. The molecule has 3 heteroatoms. The van der Waals surface area contributed by atoms with Crippen LogP contribution in [0.3, 0.4) is 0 Å². The third-order valence-corrected chi connectivity index (χ3v) is 3.51. The van der Waals surface area contributed by atoms with Gasteiger partial charge >= 0.3 is 0 Å². The number of nitrogens with zero attached hydrogens (tertiary/aromatic N) is 1. The van der Waals surface area contributed by atoms with Gasteiger partial charge in [-0.3, -0.25) is 0 Å². The third kappa shape index (κ3) is 1.69. The second-order valence-corrected chi connectivity index (χ2v) is 4.71. The first-order valence-corrected chi connectivity index (χ1v) is 6.62. The van der Waals surface area contributed by atoms with E-state index in [1.54, 1.807) is 0 Å². The third-order valence-electron chi connectivity index (χ3n) is 2.95. The molecule has 0 saturated heterocycles. The summed E-state index contributed by atoms with van der Waals surface area (Å²) in [5.41, 5.74) is 3.33. The minimum atomic E-state index is 0.609. The van der Waals surface area contributed by atoms with E-state index in [1.165, 1.54) is 18.4 Å². The Morgan fingerprint density at radius 1 is 1.25 bits per heavy atom. The highest BCUT2D eigenvalue weighted by Crippen LogP contribution is 2.44. The average molecular weight is 278 g/mol. The zero-order valence-electron chi connectivity index (χ0n) is 8.82. The van der Waals surface area contributed by atoms with Crippen molar-refractivity contribution in [2.45, 2.75) is 24.1 Å². The molecule has 1 aromatic heterocycles. The highest BCUT2D eigenvalue weighted by atomic mass is 79.9. The van der Waals surface area contributed by atoms with Gasteiger partial charge in [-0.1, -0.05) is 51.4 Å². The quantitative estimate of drug-likeness (QED) is 0.789. The van der Waals surface area contributed by atoms with Crippen molar-refractivity contribution in [2.75, 3.05) is 0 Å². The Hall–Kier alpha value is -1.09. The van der Waals surface area contributed by atoms with Gasteiger partial charge in [0.25, 0.3) is 0 Å². The molecule has 1 saturated carbocycles. The number of hydrogen-bond donors (Lipinski definition) is 0. The normalized spacial score (nSPS) is 15.3. The molecule has 0 amide bonds. The number of hydrogen-bond acceptors (Lipinski definition) is 2. The van der Waals surface area contributed by atoms with E-state index in [0.29, 0.717) is 5.92 Å². The number of benzene rings is 1. The molecule has 1 fully saturated rings. The van der Waals surface area contributed by atoms with E-state index in [1.807, 2.05) is 18.2 Å². The first-order chi connectivity index (χ1) is 7.90. The van der Waals surface area contributed by atoms with Crippen molar-refractivity contribution in [3.63, 3.8) is 0 Å². The van der Waals surface area contributed by atoms with Crippen LogP contribution in [-0.2, 0) is 5.33 Å². The van der Waals surface area contributed by atoms with E-state index >= 15 is 0 Å². The molecule has 0 unspecified atom stereocenters. The van der Waals surface area contributed by atoms with E-state index in [-0.39, 0.29) is 0 Å². The lowest BCUT2D eigenvalue weighted by atomic mass is 10.1. The van der Waals surface area contributed by atoms with Crippen molar-refractivity contribution in [3.05, 3.63) is 41.7 Å². The largest absolute Gasteiger partial charge is 0.360 e. The molecule has 0 spiro atoms. The van der Waals surface area contributed by atoms with Crippen LogP contribution >= 0.6 is 15.9 Å². The molecule has 1 heterocycles. The van der Waals surface area contributed by atoms with Gasteiger partial charge in [0.15, 0.2) is 0 Å². The molecule has 0 N–H and O–H groups in total. The van der Waals surface area contributed by atoms with E-state index in [2.05, 4.69) is 33.2 Å². The fraction of sp³-hybridized carbons (Fsp3) is 0.308. The molecule has 1 aliphatic carbocycles. The summed E-state index contributed by atoms with van der Waals surface area (Å²) >= 11 is 3.53. The lowest BCUT2D eigenvalue weighted by molar-refractivity contribution is 0.385. The molecule has 0 aliphatic heterocycles. The Morgan fingerprint density at radius 2 is 2.00 bits per heavy atom. The van der Waals surface area contributed by atoms with Gasteiger partial charge in [-0.05, 0) is 12.8 Å². The van der Waals surface area contributed by atoms with Crippen LogP contribution in [0.5, 0.6) is 0 Å². The standard InChI is InChI=1S/C13H12BrNO/c14-8-11-12(9-4-2-1-3-5-9)15-16-13(11)10-6-7-10/h1-5,10H,6-8H2. The van der Waals surface area contributed by atoms with Gasteiger partial charge in [0.05, 0.1) is 0 Å². The Morgan fingerprint density at radius 3 is 2.62 bits per heavy atom. The summed E-state index contributed by atoms with van der Waals surface area (Å²) in [5, 5.41) is 5.03. The topological polar surface area (TPSA) is 26.0 Å². The van der Waals surface area contributed by atoms with Crippen LogP contribution in [0, 0.1) is 0 Å². The molecule has 1 aliphatic rings. The summed E-state index contributed by atoms with van der Waals surface area (Å²) in [6.45, 7) is 0. The molecule has 0 radical (unpaired) electrons. The maximum atomic E-state index is 5.49. The predicted molar refractivity (Wildman–Crippen MR) is 66.5 cm³/mol. The Bertz CT molecular complexity index is 488. The number of halogens is 1. The minimum absolute atomic E-state index is 0.609. The predicted octanol–water partition coefficient (Wildman–Crippen LogP) is 4.11. The summed E-state index contributed by atoms with van der Waals surface area (Å²) in [6.07, 6.45) is 2.48. The van der Waals surface area contributed by atoms with Gasteiger partial charge in [-0.15, -0.1) is 0 Å². The Balaban J connectivity index is 2.07. The summed E-state index contributed by atoms with van der Waals surface area (Å²) in [5.74, 6) is 1.69. The zero-order valence-corrected chi connectivity index (χ0v) is 10.4. The van der Waals surface area contributed by atoms with E-state index in [9.17, 15) is 0 Å². The molecule has 3 rings (SSSR count). The van der Waals surface area contributed by atoms with E-state index < -0.39 is 0 Å². The van der Waals surface area contributed by atoms with Crippen LogP contribution in [0.15, 0.2) is 34.9 Å². The number of rotatable bonds is 3. The van der Waals surface area contributed by atoms with Crippen LogP contribution in [0.25, 0.3) is 11.3 Å². The summed E-state index contributed by atoms with van der Waals surface area (Å²) in [6, 6.07) is 10.2. The van der Waals surface area contributed by atoms with Crippen LogP contribution in [0.1, 0.15) is 30.1 Å². The van der Waals surface area contributed by atoms with Crippen molar-refractivity contribution in [1.29, 1.82) is 0 Å². The second-order valence-electron chi connectivity index (χ2n) is 4.15. The van der Waals surface area contributed by atoms with Crippen LogP contribution in [-0.4, -0.2) is 5.16 Å². The highest BCUT2D eigenvalue weighted by molar-refractivity contribution is 9.08. The van der Waals surface area contributed by atoms with Gasteiger partial charge in [0.2, 0.25) is 0 Å². The maximum absolute atomic E-state index is 5.49. The number of alkyl halides is 1. The molecular weight excluding hydrogens is 266 g/mol. The van der Waals surface area contributed by atoms with E-state index in [0.717, 1.165) is 22.3 Å². The maximum Gasteiger partial charge on any atom is 0.144 e. The first kappa shape index (κ1) is 10.1. The molecular formula is C13H12BrNO. The molecule has 1 aromatic carbocycles. The fourth-order valence-electron chi connectivity index (χ4n) is 1.94. The lowest BCUT2D eigenvalue weighted by Gasteiger charge is -1.99. The van der Waals surface area contributed by atoms with Crippen molar-refractivity contribution >= 4 is 15.9 Å². The molecule has 0 atom stereocenters. The van der Waals surface area contributed by atoms with Crippen LogP contribution < -0.4 is 0 Å². The zero-order chi connectivity index (χ0) is 11.0. The smallest absolute Gasteiger partial charge is 0.144 e. The van der Waals surface area contributed by atoms with Gasteiger partial charge < -0.3 is 4.52 Å². The Kier molecular flexibility index (Phi) is 2.56. The highest BCUT2D eigenvalue weighted by Gasteiger charge is 2.31. The Labute approximate surface area is 103 Å². The van der Waals surface area contributed by atoms with Crippen molar-refractivity contribution in [1.82, 2.24) is 5.16 Å². The SMILES string of the molecule is BrCc1c(-c2ccccc2)noc1C1CC1. The van der Waals surface area contributed by atoms with Gasteiger partial charge in [0, 0.05) is 22.4 Å². The van der Waals surface area contributed by atoms with Crippen molar-refractivity contribution in [2.24, 2.45) is 0 Å². The van der Waals surface area contributed by atoms with Crippen molar-refractivity contribution < 1.29 is 4.52 Å². The van der Waals surface area contributed by atoms with Gasteiger partial charge in [-0.2, -0.15) is 0 Å². The first-order valence-electron chi connectivity index (χ1n) is 5.50. The van der Waals surface area contributed by atoms with E-state index in [4.69, 9.17) is 4.52 Å². The second kappa shape index (κ2) is 4.06. The average Bonchev–Trinajstić information content (AvgIpc) is 3.09. The van der Waals surface area contributed by atoms with Gasteiger partial charge in [-0.25, -0.2) is 0 Å². The summed E-state index contributed by atoms with van der Waals surface area (Å²) in [4.78, 5) is 0. The number of aromatic nitrogens is 1. The van der Waals surface area contributed by atoms with Crippen LogP contribution in [0.2, 0.25) is 0 Å². The molecule has 2 aromatic rings. The molecule has 0 bridgehead atoms. The summed E-state index contributed by atoms with van der Waals surface area (Å²) in [7, 11) is 0. The van der Waals surface area contributed by atoms with Crippen LogP contribution in [0.4, 0.5) is 0 Å². The minimum Gasteiger partial charge on any atom is -0.360 e. The monoisotopic (exact) mass is 277 g/mol. The molecule has 2 nitrogen and oxygen atoms in total. The molecule has 82 valence electrons. The fourth-order valence-corrected chi connectivity index (χ4v) is 2.48. The summed E-state index contributed by atoms with van der Waals surface area (Å²) < 4.78 is 5.49. The van der Waals surface area contributed by atoms with Gasteiger partial charge in [0.1, 0.15) is 11.5 Å².